The number of nitrogen functional groups attached to an aromatic ring is 1. The molecule has 1 aromatic carbocycles. The minimum Gasteiger partial charge on any atom is -0.387 e. The maximum absolute atomic E-state index is 10.9. The summed E-state index contributed by atoms with van der Waals surface area (Å²) in [6.07, 6.45) is -1.11. The molecule has 4 heterocycles. The first-order valence-electron chi connectivity index (χ1n) is 11.9. The van der Waals surface area contributed by atoms with Gasteiger partial charge >= 0.3 is 0 Å². The van der Waals surface area contributed by atoms with Gasteiger partial charge in [0.15, 0.2) is 17.6 Å². The molecule has 11 nitrogen and oxygen atoms in total. The van der Waals surface area contributed by atoms with E-state index < -0.39 is 24.5 Å². The number of nitrogens with zero attached hydrogens (tertiary/aromatic N) is 6. The van der Waals surface area contributed by atoms with Gasteiger partial charge in [-0.3, -0.25) is 0 Å². The monoisotopic (exact) mass is 521 g/mol. The summed E-state index contributed by atoms with van der Waals surface area (Å²) >= 11 is 1.56. The summed E-state index contributed by atoms with van der Waals surface area (Å²) in [7, 11) is 0. The van der Waals surface area contributed by atoms with E-state index in [1.807, 2.05) is 37.3 Å². The lowest BCUT2D eigenvalue weighted by atomic mass is 10.1. The van der Waals surface area contributed by atoms with Crippen LogP contribution in [-0.4, -0.2) is 59.2 Å². The maximum Gasteiger partial charge on any atom is 0.181 e. The summed E-state index contributed by atoms with van der Waals surface area (Å²) < 4.78 is 13.1. The van der Waals surface area contributed by atoms with Crippen molar-refractivity contribution in [3.05, 3.63) is 53.6 Å². The molecule has 0 spiro atoms. The number of aliphatic hydroxyl groups excluding tert-OH is 2. The zero-order valence-corrected chi connectivity index (χ0v) is 21.0. The van der Waals surface area contributed by atoms with Crippen LogP contribution < -0.4 is 5.73 Å². The molecular weight excluding hydrogens is 494 g/mol. The zero-order valence-electron chi connectivity index (χ0n) is 20.2. The number of ether oxygens (including phenoxy) is 1. The number of nitriles is 1. The molecule has 0 amide bonds. The minimum absolute atomic E-state index is 0.265. The van der Waals surface area contributed by atoms with Crippen LogP contribution in [0.25, 0.3) is 22.4 Å². The number of rotatable bonds is 9. The number of anilines is 1. The third kappa shape index (κ3) is 4.91. The summed E-state index contributed by atoms with van der Waals surface area (Å²) in [4.78, 5) is 8.38. The van der Waals surface area contributed by atoms with Crippen molar-refractivity contribution < 1.29 is 19.5 Å². The highest BCUT2D eigenvalue weighted by molar-refractivity contribution is 7.98. The third-order valence-electron chi connectivity index (χ3n) is 6.42. The predicted molar refractivity (Wildman–Crippen MR) is 137 cm³/mol. The van der Waals surface area contributed by atoms with Gasteiger partial charge in [-0.2, -0.15) is 22.1 Å². The van der Waals surface area contributed by atoms with Gasteiger partial charge in [-0.05, 0) is 19.8 Å². The third-order valence-corrected chi connectivity index (χ3v) is 7.48. The van der Waals surface area contributed by atoms with Gasteiger partial charge < -0.3 is 25.2 Å². The first kappa shape index (κ1) is 25.2. The summed E-state index contributed by atoms with van der Waals surface area (Å²) in [5.74, 6) is 2.02. The second kappa shape index (κ2) is 10.9. The maximum atomic E-state index is 10.9. The Hall–Kier alpha value is -3.50. The highest BCUT2D eigenvalue weighted by Gasteiger charge is 2.45. The van der Waals surface area contributed by atoms with E-state index in [2.05, 4.69) is 26.3 Å². The van der Waals surface area contributed by atoms with Crippen LogP contribution in [0.1, 0.15) is 36.0 Å². The van der Waals surface area contributed by atoms with Crippen LogP contribution in [-0.2, 0) is 16.9 Å². The number of benzene rings is 1. The first-order chi connectivity index (χ1) is 18.0. The number of hydrogen-bond acceptors (Lipinski definition) is 11. The van der Waals surface area contributed by atoms with Crippen LogP contribution in [0.5, 0.6) is 0 Å². The number of aromatic nitrogens is 5. The van der Waals surface area contributed by atoms with Gasteiger partial charge in [0.05, 0.1) is 28.9 Å². The molecule has 1 fully saturated rings. The van der Waals surface area contributed by atoms with Gasteiger partial charge in [0, 0.05) is 29.1 Å². The van der Waals surface area contributed by atoms with E-state index >= 15 is 0 Å². The van der Waals surface area contributed by atoms with Crippen molar-refractivity contribution in [1.29, 1.82) is 5.26 Å². The summed E-state index contributed by atoms with van der Waals surface area (Å²) in [6, 6.07) is 11.9. The number of unbranched alkanes of at least 4 members (excludes halogenated alkanes) is 1. The Morgan fingerprint density at radius 3 is 2.78 bits per heavy atom. The number of nitrogens with two attached hydrogens (primary N) is 1. The summed E-state index contributed by atoms with van der Waals surface area (Å²) in [5.41, 5.74) is 9.88. The molecule has 0 aliphatic carbocycles. The minimum atomic E-state index is -1.21. The van der Waals surface area contributed by atoms with Crippen molar-refractivity contribution in [3.8, 4) is 17.4 Å². The average molecular weight is 522 g/mol. The molecule has 4 aromatic rings. The highest BCUT2D eigenvalue weighted by atomic mass is 32.2. The van der Waals surface area contributed by atoms with Gasteiger partial charge in [-0.15, -0.1) is 0 Å². The molecule has 1 aliphatic heterocycles. The Balaban J connectivity index is 1.31. The molecule has 1 saturated heterocycles. The molecule has 0 unspecified atom stereocenters. The van der Waals surface area contributed by atoms with Crippen LogP contribution in [0, 0.1) is 18.3 Å². The van der Waals surface area contributed by atoms with Crippen molar-refractivity contribution in [3.63, 3.8) is 0 Å². The van der Waals surface area contributed by atoms with E-state index in [0.717, 1.165) is 22.6 Å². The van der Waals surface area contributed by atoms with Crippen molar-refractivity contribution in [1.82, 2.24) is 24.9 Å². The number of thioether (sulfide) groups is 1. The Morgan fingerprint density at radius 2 is 2.00 bits per heavy atom. The molecule has 0 radical (unpaired) electrons. The van der Waals surface area contributed by atoms with E-state index in [9.17, 15) is 10.2 Å². The van der Waals surface area contributed by atoms with Gasteiger partial charge in [0.1, 0.15) is 24.4 Å². The quantitative estimate of drug-likeness (QED) is 0.277. The lowest BCUT2D eigenvalue weighted by Crippen LogP contribution is -2.32. The zero-order chi connectivity index (χ0) is 25.9. The molecule has 12 heteroatoms. The molecular formula is C25H27N7O4S. The van der Waals surface area contributed by atoms with Gasteiger partial charge in [0.2, 0.25) is 0 Å². The molecule has 3 aromatic heterocycles. The van der Waals surface area contributed by atoms with Gasteiger partial charge in [-0.25, -0.2) is 14.6 Å². The average Bonchev–Trinajstić information content (AvgIpc) is 3.55. The van der Waals surface area contributed by atoms with Crippen molar-refractivity contribution in [2.24, 2.45) is 0 Å². The first-order valence-corrected chi connectivity index (χ1v) is 13.1. The second-order valence-corrected chi connectivity index (χ2v) is 9.89. The van der Waals surface area contributed by atoms with E-state index in [4.69, 9.17) is 20.3 Å². The molecule has 192 valence electrons. The molecule has 4 atom stereocenters. The fourth-order valence-corrected chi connectivity index (χ4v) is 5.65. The van der Waals surface area contributed by atoms with E-state index in [0.29, 0.717) is 47.5 Å². The largest absolute Gasteiger partial charge is 0.387 e. The van der Waals surface area contributed by atoms with Gasteiger partial charge in [-0.1, -0.05) is 35.5 Å². The normalized spacial score (nSPS) is 21.5. The molecule has 1 aliphatic rings. The predicted octanol–water partition coefficient (Wildman–Crippen LogP) is 2.77. The fraction of sp³-hybridized carbons (Fsp3) is 0.400. The Kier molecular flexibility index (Phi) is 7.38. The second-order valence-electron chi connectivity index (χ2n) is 8.86. The van der Waals surface area contributed by atoms with E-state index in [1.54, 1.807) is 11.8 Å². The van der Waals surface area contributed by atoms with Crippen LogP contribution in [0.15, 0.2) is 41.2 Å². The smallest absolute Gasteiger partial charge is 0.181 e. The number of aliphatic hydroxyl groups is 2. The van der Waals surface area contributed by atoms with Crippen LogP contribution in [0.3, 0.4) is 0 Å². The topological polar surface area (TPSA) is 169 Å². The Bertz CT molecular complexity index is 1420. The van der Waals surface area contributed by atoms with Crippen molar-refractivity contribution in [2.75, 3.05) is 11.5 Å². The fourth-order valence-electron chi connectivity index (χ4n) is 4.48. The van der Waals surface area contributed by atoms with E-state index in [1.165, 1.54) is 11.0 Å². The number of hydrogen-bond donors (Lipinski definition) is 3. The molecule has 0 saturated carbocycles. The molecule has 37 heavy (non-hydrogen) atoms. The highest BCUT2D eigenvalue weighted by Crippen LogP contribution is 2.36. The van der Waals surface area contributed by atoms with Gasteiger partial charge in [0.25, 0.3) is 0 Å². The van der Waals surface area contributed by atoms with Crippen LogP contribution in [0.4, 0.5) is 5.82 Å². The molecule has 0 bridgehead atoms. The van der Waals surface area contributed by atoms with Crippen LogP contribution >= 0.6 is 11.8 Å². The lowest BCUT2D eigenvalue weighted by molar-refractivity contribution is -0.0364. The lowest BCUT2D eigenvalue weighted by Gasteiger charge is -2.15. The number of fused-ring (bicyclic) bond motifs is 1. The molecule has 4 N–H and O–H groups in total. The van der Waals surface area contributed by atoms with Crippen molar-refractivity contribution in [2.45, 2.75) is 56.5 Å². The Morgan fingerprint density at radius 1 is 1.19 bits per heavy atom. The summed E-state index contributed by atoms with van der Waals surface area (Å²) in [5, 5.41) is 39.8. The SMILES string of the molecule is Cc1noc(-c2ccccc2)c1CSC[C@H]1O[C@@H](n2nc(CCCC#N)c3c(N)ncnc32)[C@H](O)[C@@H]1O. The standard InChI is InChI=1S/C25H27N7O4S/c1-14-16(22(36-31-14)15-7-3-2-4-8-15)11-37-12-18-20(33)21(34)25(35-18)32-24-19(23(27)28-13-29-24)17(30-32)9-5-6-10-26/h2-4,7-8,13,18,20-21,25,33-34H,5-6,9,11-12H2,1H3,(H2,27,28,29)/t18-,20-,21-,25-/m1/s1. The van der Waals surface area contributed by atoms with Crippen LogP contribution in [0.2, 0.25) is 0 Å². The number of aryl methyl sites for hydroxylation is 2. The Labute approximate surface area is 217 Å². The van der Waals surface area contributed by atoms with Crippen molar-refractivity contribution >= 4 is 28.6 Å². The van der Waals surface area contributed by atoms with E-state index in [-0.39, 0.29) is 5.82 Å². The summed E-state index contributed by atoms with van der Waals surface area (Å²) in [6.45, 7) is 1.90. The molecule has 5 rings (SSSR count).